The average molecular weight is 307 g/mol. The Morgan fingerprint density at radius 3 is 2.41 bits per heavy atom. The molecule has 122 valence electrons. The lowest BCUT2D eigenvalue weighted by atomic mass is 9.96. The van der Waals surface area contributed by atoms with Crippen LogP contribution in [0, 0.1) is 0 Å². The van der Waals surface area contributed by atoms with Gasteiger partial charge in [0.05, 0.1) is 19.2 Å². The number of carbonyl (C=O) groups excluding carboxylic acids is 2. The summed E-state index contributed by atoms with van der Waals surface area (Å²) in [6.45, 7) is 3.94. The first kappa shape index (κ1) is 18.0. The number of nitrogens with one attached hydrogen (secondary N) is 2. The maximum Gasteiger partial charge on any atom is 0.240 e. The second-order valence-corrected chi connectivity index (χ2v) is 5.47. The second kappa shape index (κ2) is 8.38. The Morgan fingerprint density at radius 1 is 1.23 bits per heavy atom. The molecule has 0 saturated carbocycles. The van der Waals surface area contributed by atoms with Gasteiger partial charge < -0.3 is 21.1 Å². The van der Waals surface area contributed by atoms with Crippen molar-refractivity contribution >= 4 is 11.8 Å². The lowest BCUT2D eigenvalue weighted by Gasteiger charge is -2.22. The summed E-state index contributed by atoms with van der Waals surface area (Å²) >= 11 is 0. The fourth-order valence-electron chi connectivity index (χ4n) is 2.00. The van der Waals surface area contributed by atoms with Crippen molar-refractivity contribution in [1.29, 1.82) is 0 Å². The smallest absolute Gasteiger partial charge is 0.240 e. The van der Waals surface area contributed by atoms with Gasteiger partial charge in [0.15, 0.2) is 0 Å². The minimum atomic E-state index is -0.939. The van der Waals surface area contributed by atoms with Gasteiger partial charge in [-0.3, -0.25) is 9.59 Å². The molecule has 0 fully saturated rings. The molecule has 0 aromatic heterocycles. The fourth-order valence-corrected chi connectivity index (χ4v) is 2.00. The highest BCUT2D eigenvalue weighted by atomic mass is 16.5. The first-order valence-electron chi connectivity index (χ1n) is 7.36. The topological polar surface area (TPSA) is 93.5 Å². The van der Waals surface area contributed by atoms with Gasteiger partial charge in [0.1, 0.15) is 5.75 Å². The summed E-state index contributed by atoms with van der Waals surface area (Å²) in [6.07, 6.45) is 1.39. The first-order valence-corrected chi connectivity index (χ1v) is 7.36. The van der Waals surface area contributed by atoms with E-state index >= 15 is 0 Å². The van der Waals surface area contributed by atoms with E-state index in [4.69, 9.17) is 10.5 Å². The van der Waals surface area contributed by atoms with E-state index in [1.54, 1.807) is 14.0 Å². The number of nitrogens with two attached hydrogens (primary N) is 1. The van der Waals surface area contributed by atoms with Crippen LogP contribution in [-0.4, -0.2) is 31.0 Å². The van der Waals surface area contributed by atoms with Crippen LogP contribution in [0.2, 0.25) is 0 Å². The number of benzene rings is 1. The number of methoxy groups -OCH3 is 1. The maximum absolute atomic E-state index is 11.9. The SMILES string of the molecule is CCCC(C)(N)C(=O)NCC(=O)NCc1ccc(OC)cc1. The molecule has 0 radical (unpaired) electrons. The normalized spacial score (nSPS) is 13.1. The molecule has 0 saturated heterocycles. The van der Waals surface area contributed by atoms with Crippen LogP contribution in [0.25, 0.3) is 0 Å². The summed E-state index contributed by atoms with van der Waals surface area (Å²) in [6, 6.07) is 7.40. The summed E-state index contributed by atoms with van der Waals surface area (Å²) in [5.41, 5.74) is 5.91. The molecule has 1 unspecified atom stereocenters. The van der Waals surface area contributed by atoms with Gasteiger partial charge in [-0.2, -0.15) is 0 Å². The van der Waals surface area contributed by atoms with Gasteiger partial charge in [-0.1, -0.05) is 25.5 Å². The van der Waals surface area contributed by atoms with E-state index in [0.29, 0.717) is 13.0 Å². The summed E-state index contributed by atoms with van der Waals surface area (Å²) in [7, 11) is 1.60. The lowest BCUT2D eigenvalue weighted by molar-refractivity contribution is -0.129. The second-order valence-electron chi connectivity index (χ2n) is 5.47. The molecule has 1 atom stereocenters. The number of ether oxygens (including phenoxy) is 1. The predicted octanol–water partition coefficient (Wildman–Crippen LogP) is 0.945. The summed E-state index contributed by atoms with van der Waals surface area (Å²) in [5, 5.41) is 5.31. The van der Waals surface area contributed by atoms with Crippen molar-refractivity contribution in [3.8, 4) is 5.75 Å². The highest BCUT2D eigenvalue weighted by Gasteiger charge is 2.27. The first-order chi connectivity index (χ1) is 10.4. The molecule has 6 heteroatoms. The highest BCUT2D eigenvalue weighted by molar-refractivity contribution is 5.89. The van der Waals surface area contributed by atoms with Crippen molar-refractivity contribution in [3.05, 3.63) is 29.8 Å². The van der Waals surface area contributed by atoms with E-state index in [9.17, 15) is 9.59 Å². The van der Waals surface area contributed by atoms with E-state index in [1.165, 1.54) is 0 Å². The van der Waals surface area contributed by atoms with E-state index < -0.39 is 5.54 Å². The van der Waals surface area contributed by atoms with Gasteiger partial charge in [0.2, 0.25) is 11.8 Å². The van der Waals surface area contributed by atoms with Crippen molar-refractivity contribution in [2.45, 2.75) is 38.8 Å². The number of rotatable bonds is 8. The molecule has 6 nitrogen and oxygen atoms in total. The number of carbonyl (C=O) groups is 2. The van der Waals surface area contributed by atoms with Crippen LogP contribution in [0.5, 0.6) is 5.75 Å². The molecule has 1 aromatic carbocycles. The zero-order chi connectivity index (χ0) is 16.6. The summed E-state index contributed by atoms with van der Waals surface area (Å²) in [4.78, 5) is 23.6. The van der Waals surface area contributed by atoms with Crippen molar-refractivity contribution in [2.75, 3.05) is 13.7 Å². The molecular weight excluding hydrogens is 282 g/mol. The van der Waals surface area contributed by atoms with Crippen molar-refractivity contribution in [1.82, 2.24) is 10.6 Å². The summed E-state index contributed by atoms with van der Waals surface area (Å²) in [5.74, 6) is 0.200. The van der Waals surface area contributed by atoms with E-state index in [2.05, 4.69) is 10.6 Å². The van der Waals surface area contributed by atoms with E-state index in [-0.39, 0.29) is 18.4 Å². The Hall–Kier alpha value is -2.08. The van der Waals surface area contributed by atoms with Crippen LogP contribution >= 0.6 is 0 Å². The monoisotopic (exact) mass is 307 g/mol. The highest BCUT2D eigenvalue weighted by Crippen LogP contribution is 2.11. The molecule has 22 heavy (non-hydrogen) atoms. The van der Waals surface area contributed by atoms with E-state index in [0.717, 1.165) is 17.7 Å². The van der Waals surface area contributed by atoms with Crippen molar-refractivity contribution in [3.63, 3.8) is 0 Å². The summed E-state index contributed by atoms with van der Waals surface area (Å²) < 4.78 is 5.06. The Morgan fingerprint density at radius 2 is 1.86 bits per heavy atom. The molecule has 2 amide bonds. The third kappa shape index (κ3) is 5.73. The van der Waals surface area contributed by atoms with Crippen LogP contribution in [0.4, 0.5) is 0 Å². The minimum Gasteiger partial charge on any atom is -0.497 e. The van der Waals surface area contributed by atoms with Crippen LogP contribution < -0.4 is 21.1 Å². The van der Waals surface area contributed by atoms with Gasteiger partial charge in [0.25, 0.3) is 0 Å². The largest absolute Gasteiger partial charge is 0.497 e. The average Bonchev–Trinajstić information content (AvgIpc) is 2.50. The van der Waals surface area contributed by atoms with Gasteiger partial charge in [-0.05, 0) is 31.0 Å². The Balaban J connectivity index is 2.35. The number of hydrogen-bond donors (Lipinski definition) is 3. The molecule has 0 spiro atoms. The molecule has 1 rings (SSSR count). The van der Waals surface area contributed by atoms with E-state index in [1.807, 2.05) is 31.2 Å². The number of amides is 2. The molecule has 0 aliphatic heterocycles. The van der Waals surface area contributed by atoms with Crippen LogP contribution in [0.1, 0.15) is 32.3 Å². The van der Waals surface area contributed by atoms with Gasteiger partial charge >= 0.3 is 0 Å². The quantitative estimate of drug-likeness (QED) is 0.666. The van der Waals surface area contributed by atoms with Crippen LogP contribution in [0.3, 0.4) is 0 Å². The number of hydrogen-bond acceptors (Lipinski definition) is 4. The van der Waals surface area contributed by atoms with Gasteiger partial charge in [0, 0.05) is 6.54 Å². The molecule has 4 N–H and O–H groups in total. The third-order valence-corrected chi connectivity index (χ3v) is 3.35. The predicted molar refractivity (Wildman–Crippen MR) is 85.4 cm³/mol. The molecule has 0 aliphatic rings. The van der Waals surface area contributed by atoms with Gasteiger partial charge in [-0.25, -0.2) is 0 Å². The molecule has 0 aliphatic carbocycles. The molecular formula is C16H25N3O3. The zero-order valence-corrected chi connectivity index (χ0v) is 13.4. The Kier molecular flexibility index (Phi) is 6.85. The van der Waals surface area contributed by atoms with Crippen LogP contribution in [0.15, 0.2) is 24.3 Å². The minimum absolute atomic E-state index is 0.0779. The lowest BCUT2D eigenvalue weighted by Crippen LogP contribution is -2.53. The fraction of sp³-hybridized carbons (Fsp3) is 0.500. The Labute approximate surface area is 131 Å². The van der Waals surface area contributed by atoms with Gasteiger partial charge in [-0.15, -0.1) is 0 Å². The third-order valence-electron chi connectivity index (χ3n) is 3.35. The Bertz CT molecular complexity index is 498. The van der Waals surface area contributed by atoms with Crippen LogP contribution in [-0.2, 0) is 16.1 Å². The molecule has 1 aromatic rings. The van der Waals surface area contributed by atoms with Crippen molar-refractivity contribution in [2.24, 2.45) is 5.73 Å². The zero-order valence-electron chi connectivity index (χ0n) is 13.4. The van der Waals surface area contributed by atoms with Crippen molar-refractivity contribution < 1.29 is 14.3 Å². The standard InChI is InChI=1S/C16H25N3O3/c1-4-9-16(2,17)15(21)19-11-14(20)18-10-12-5-7-13(22-3)8-6-12/h5-8H,4,9-11,17H2,1-3H3,(H,18,20)(H,19,21). The maximum atomic E-state index is 11.9. The molecule has 0 heterocycles. The molecule has 0 bridgehead atoms.